The maximum Gasteiger partial charge on any atom is 0.338 e. The molecule has 27 heavy (non-hydrogen) atoms. The van der Waals surface area contributed by atoms with E-state index >= 15 is 0 Å². The molecule has 2 aromatic carbocycles. The summed E-state index contributed by atoms with van der Waals surface area (Å²) in [4.78, 5) is 24.0. The molecule has 0 spiro atoms. The summed E-state index contributed by atoms with van der Waals surface area (Å²) in [6, 6.07) is 14.7. The first-order chi connectivity index (χ1) is 13.2. The lowest BCUT2D eigenvalue weighted by Crippen LogP contribution is -2.33. The Morgan fingerprint density at radius 2 is 1.67 bits per heavy atom. The van der Waals surface area contributed by atoms with Crippen LogP contribution in [0.4, 0.5) is 0 Å². The molecule has 142 valence electrons. The van der Waals surface area contributed by atoms with Gasteiger partial charge in [0.15, 0.2) is 0 Å². The number of rotatable bonds is 6. The number of carbonyl (C=O) groups is 2. The summed E-state index contributed by atoms with van der Waals surface area (Å²) in [6.45, 7) is 4.34. The Morgan fingerprint density at radius 3 is 2.22 bits per heavy atom. The van der Waals surface area contributed by atoms with Crippen LogP contribution < -0.4 is 5.32 Å². The van der Waals surface area contributed by atoms with Crippen molar-refractivity contribution in [3.8, 4) is 11.1 Å². The molecule has 0 radical (unpaired) electrons. The van der Waals surface area contributed by atoms with Crippen molar-refractivity contribution in [2.75, 3.05) is 26.4 Å². The fourth-order valence-electron chi connectivity index (χ4n) is 3.13. The molecule has 0 bridgehead atoms. The molecule has 1 heterocycles. The van der Waals surface area contributed by atoms with E-state index in [9.17, 15) is 9.59 Å². The Morgan fingerprint density at radius 1 is 1.04 bits per heavy atom. The predicted molar refractivity (Wildman–Crippen MR) is 104 cm³/mol. The molecule has 1 N–H and O–H groups in total. The molecule has 5 nitrogen and oxygen atoms in total. The zero-order valence-electron chi connectivity index (χ0n) is 15.6. The van der Waals surface area contributed by atoms with E-state index in [0.29, 0.717) is 30.2 Å². The Bertz CT molecular complexity index is 762. The summed E-state index contributed by atoms with van der Waals surface area (Å²) in [5, 5.41) is 2.99. The summed E-state index contributed by atoms with van der Waals surface area (Å²) in [7, 11) is 0. The molecule has 1 saturated heterocycles. The van der Waals surface area contributed by atoms with Crippen LogP contribution >= 0.6 is 0 Å². The molecule has 1 aliphatic rings. The third-order valence-corrected chi connectivity index (χ3v) is 4.68. The molecule has 3 rings (SSSR count). The molecule has 1 aliphatic heterocycles. The number of carbonyl (C=O) groups excluding carboxylic acids is 2. The molecular formula is C22H25NO4. The molecule has 5 heteroatoms. The molecule has 1 atom stereocenters. The number of hydrogen-bond donors (Lipinski definition) is 1. The van der Waals surface area contributed by atoms with E-state index in [1.54, 1.807) is 19.1 Å². The van der Waals surface area contributed by atoms with Crippen molar-refractivity contribution in [3.05, 3.63) is 59.7 Å². The van der Waals surface area contributed by atoms with Crippen molar-refractivity contribution >= 4 is 11.9 Å². The van der Waals surface area contributed by atoms with Crippen molar-refractivity contribution in [2.45, 2.75) is 19.8 Å². The molecule has 1 amide bonds. The number of nitrogens with one attached hydrogen (secondary N) is 1. The van der Waals surface area contributed by atoms with Crippen LogP contribution in [0.3, 0.4) is 0 Å². The first kappa shape index (κ1) is 19.1. The van der Waals surface area contributed by atoms with Crippen LogP contribution in [0.1, 0.15) is 40.5 Å². The van der Waals surface area contributed by atoms with E-state index in [2.05, 4.69) is 5.32 Å². The van der Waals surface area contributed by atoms with Gasteiger partial charge in [0.05, 0.1) is 18.8 Å². The van der Waals surface area contributed by atoms with Gasteiger partial charge in [-0.2, -0.15) is 0 Å². The molecule has 0 aromatic heterocycles. The van der Waals surface area contributed by atoms with Gasteiger partial charge in [0.25, 0.3) is 5.91 Å². The monoisotopic (exact) mass is 367 g/mol. The van der Waals surface area contributed by atoms with E-state index in [-0.39, 0.29) is 11.9 Å². The fraction of sp³-hybridized carbons (Fsp3) is 0.364. The van der Waals surface area contributed by atoms with Crippen LogP contribution in [-0.2, 0) is 9.47 Å². The minimum atomic E-state index is -0.320. The van der Waals surface area contributed by atoms with Gasteiger partial charge < -0.3 is 14.8 Å². The topological polar surface area (TPSA) is 64.6 Å². The van der Waals surface area contributed by atoms with E-state index in [0.717, 1.165) is 37.2 Å². The average Bonchev–Trinajstić information content (AvgIpc) is 2.73. The lowest BCUT2D eigenvalue weighted by Gasteiger charge is -2.22. The quantitative estimate of drug-likeness (QED) is 0.791. The maximum absolute atomic E-state index is 12.3. The van der Waals surface area contributed by atoms with Crippen molar-refractivity contribution in [2.24, 2.45) is 5.92 Å². The Balaban J connectivity index is 1.59. The maximum atomic E-state index is 12.3. The zero-order valence-corrected chi connectivity index (χ0v) is 15.6. The Labute approximate surface area is 159 Å². The van der Waals surface area contributed by atoms with E-state index < -0.39 is 0 Å². The number of hydrogen-bond acceptors (Lipinski definition) is 4. The molecule has 0 aliphatic carbocycles. The number of benzene rings is 2. The largest absolute Gasteiger partial charge is 0.462 e. The summed E-state index contributed by atoms with van der Waals surface area (Å²) < 4.78 is 10.4. The summed E-state index contributed by atoms with van der Waals surface area (Å²) in [5.74, 6) is 0.0177. The van der Waals surface area contributed by atoms with Crippen LogP contribution in [0.5, 0.6) is 0 Å². The smallest absolute Gasteiger partial charge is 0.338 e. The second kappa shape index (κ2) is 9.33. The second-order valence-electron chi connectivity index (χ2n) is 6.67. The molecule has 1 fully saturated rings. The van der Waals surface area contributed by atoms with Gasteiger partial charge in [0.2, 0.25) is 0 Å². The van der Waals surface area contributed by atoms with Gasteiger partial charge in [-0.1, -0.05) is 24.3 Å². The zero-order chi connectivity index (χ0) is 19.1. The SMILES string of the molecule is CCOC(=O)c1ccc(-c2ccc(C(=O)NCC3CCCOC3)cc2)cc1. The van der Waals surface area contributed by atoms with Crippen LogP contribution in [0, 0.1) is 5.92 Å². The van der Waals surface area contributed by atoms with Crippen LogP contribution in [0.25, 0.3) is 11.1 Å². The minimum absolute atomic E-state index is 0.0650. The second-order valence-corrected chi connectivity index (χ2v) is 6.67. The van der Waals surface area contributed by atoms with Crippen LogP contribution in [0.15, 0.2) is 48.5 Å². The van der Waals surface area contributed by atoms with Crippen molar-refractivity contribution in [3.63, 3.8) is 0 Å². The van der Waals surface area contributed by atoms with Crippen LogP contribution in [-0.4, -0.2) is 38.2 Å². The summed E-state index contributed by atoms with van der Waals surface area (Å²) in [5.41, 5.74) is 3.14. The normalized spacial score (nSPS) is 16.6. The Hall–Kier alpha value is -2.66. The highest BCUT2D eigenvalue weighted by Crippen LogP contribution is 2.21. The highest BCUT2D eigenvalue weighted by atomic mass is 16.5. The third kappa shape index (κ3) is 5.17. The number of amides is 1. The van der Waals surface area contributed by atoms with Crippen molar-refractivity contribution in [1.82, 2.24) is 5.32 Å². The number of ether oxygens (including phenoxy) is 2. The van der Waals surface area contributed by atoms with Gasteiger partial charge in [-0.25, -0.2) is 4.79 Å². The lowest BCUT2D eigenvalue weighted by molar-refractivity contribution is 0.0524. The first-order valence-electron chi connectivity index (χ1n) is 9.41. The van der Waals surface area contributed by atoms with Crippen molar-refractivity contribution in [1.29, 1.82) is 0 Å². The van der Waals surface area contributed by atoms with E-state index in [4.69, 9.17) is 9.47 Å². The van der Waals surface area contributed by atoms with Crippen molar-refractivity contribution < 1.29 is 19.1 Å². The van der Waals surface area contributed by atoms with E-state index in [1.807, 2.05) is 36.4 Å². The third-order valence-electron chi connectivity index (χ3n) is 4.68. The predicted octanol–water partition coefficient (Wildman–Crippen LogP) is 3.69. The van der Waals surface area contributed by atoms with Gasteiger partial charge >= 0.3 is 5.97 Å². The van der Waals surface area contributed by atoms with E-state index in [1.165, 1.54) is 0 Å². The lowest BCUT2D eigenvalue weighted by atomic mass is 10.0. The standard InChI is InChI=1S/C22H25NO4/c1-2-27-22(25)20-11-7-18(8-12-20)17-5-9-19(10-6-17)21(24)23-14-16-4-3-13-26-15-16/h5-12,16H,2-4,13-15H2,1H3,(H,23,24). The first-order valence-corrected chi connectivity index (χ1v) is 9.41. The molecule has 2 aromatic rings. The highest BCUT2D eigenvalue weighted by Gasteiger charge is 2.15. The van der Waals surface area contributed by atoms with Gasteiger partial charge in [0, 0.05) is 18.7 Å². The summed E-state index contributed by atoms with van der Waals surface area (Å²) in [6.07, 6.45) is 2.16. The van der Waals surface area contributed by atoms with Gasteiger partial charge in [-0.05, 0) is 61.1 Å². The number of esters is 1. The summed E-state index contributed by atoms with van der Waals surface area (Å²) >= 11 is 0. The fourth-order valence-corrected chi connectivity index (χ4v) is 3.13. The average molecular weight is 367 g/mol. The minimum Gasteiger partial charge on any atom is -0.462 e. The highest BCUT2D eigenvalue weighted by molar-refractivity contribution is 5.94. The molecule has 1 unspecified atom stereocenters. The Kier molecular flexibility index (Phi) is 6.60. The molecular weight excluding hydrogens is 342 g/mol. The van der Waals surface area contributed by atoms with Crippen LogP contribution in [0.2, 0.25) is 0 Å². The molecule has 0 saturated carbocycles. The van der Waals surface area contributed by atoms with Gasteiger partial charge in [0.1, 0.15) is 0 Å². The van der Waals surface area contributed by atoms with Gasteiger partial charge in [-0.3, -0.25) is 4.79 Å². The van der Waals surface area contributed by atoms with Gasteiger partial charge in [-0.15, -0.1) is 0 Å².